The lowest BCUT2D eigenvalue weighted by molar-refractivity contribution is -0.125. The van der Waals surface area contributed by atoms with Gasteiger partial charge in [0.2, 0.25) is 0 Å². The molecule has 1 fully saturated rings. The molecule has 12 heavy (non-hydrogen) atoms. The van der Waals surface area contributed by atoms with E-state index in [1.165, 1.54) is 5.54 Å². The molecule has 0 spiro atoms. The van der Waals surface area contributed by atoms with E-state index in [2.05, 4.69) is 4.90 Å². The van der Waals surface area contributed by atoms with Crippen LogP contribution in [0.1, 0.15) is 13.3 Å². The molecule has 1 unspecified atom stereocenters. The van der Waals surface area contributed by atoms with Crippen molar-refractivity contribution >= 4 is 17.4 Å². The number of carbonyl (C=O) groups excluding carboxylic acids is 1. The maximum Gasteiger partial charge on any atom is 0.138 e. The summed E-state index contributed by atoms with van der Waals surface area (Å²) < 4.78 is 0. The van der Waals surface area contributed by atoms with Crippen LogP contribution in [0.3, 0.4) is 0 Å². The number of likely N-dealkylation sites (tertiary alicyclic amines) is 1. The molecule has 0 saturated carbocycles. The first-order valence-electron chi connectivity index (χ1n) is 4.24. The zero-order valence-corrected chi connectivity index (χ0v) is 8.05. The van der Waals surface area contributed by atoms with E-state index >= 15 is 0 Å². The molecule has 1 aliphatic heterocycles. The molecule has 1 aliphatic rings. The molecule has 0 bridgehead atoms. The van der Waals surface area contributed by atoms with E-state index in [0.717, 1.165) is 19.6 Å². The number of hydrogen-bond donors (Lipinski definition) is 0. The van der Waals surface area contributed by atoms with Crippen LogP contribution < -0.4 is 0 Å². The first kappa shape index (κ1) is 9.75. The van der Waals surface area contributed by atoms with Gasteiger partial charge in [0.25, 0.3) is 0 Å². The summed E-state index contributed by atoms with van der Waals surface area (Å²) in [4.78, 5) is 13.4. The first-order valence-corrected chi connectivity index (χ1v) is 4.68. The van der Waals surface area contributed by atoms with Crippen molar-refractivity contribution in [2.75, 3.05) is 19.6 Å². The van der Waals surface area contributed by atoms with Crippen LogP contribution in [-0.4, -0.2) is 30.3 Å². The first-order chi connectivity index (χ1) is 5.74. The van der Waals surface area contributed by atoms with Gasteiger partial charge in [-0.2, -0.15) is 0 Å². The largest absolute Gasteiger partial charge is 0.299 e. The predicted molar refractivity (Wildman–Crippen MR) is 50.2 cm³/mol. The summed E-state index contributed by atoms with van der Waals surface area (Å²) in [6.07, 6.45) is 2.60. The standard InChI is InChI=1S/C9H14ClNO/c1-8-7-11(5-2-4-10)6-3-9(8)12/h2,4,8H,3,5-7H2,1H3/b4-2+. The molecule has 0 aromatic rings. The number of ketones is 1. The second-order valence-electron chi connectivity index (χ2n) is 3.24. The van der Waals surface area contributed by atoms with E-state index < -0.39 is 0 Å². The summed E-state index contributed by atoms with van der Waals surface area (Å²) in [5, 5.41) is 0. The summed E-state index contributed by atoms with van der Waals surface area (Å²) in [7, 11) is 0. The van der Waals surface area contributed by atoms with Crippen molar-refractivity contribution in [3.63, 3.8) is 0 Å². The maximum absolute atomic E-state index is 11.1. The highest BCUT2D eigenvalue weighted by Gasteiger charge is 2.22. The van der Waals surface area contributed by atoms with Crippen LogP contribution in [0, 0.1) is 5.92 Å². The quantitative estimate of drug-likeness (QED) is 0.655. The van der Waals surface area contributed by atoms with Crippen LogP contribution in [0.15, 0.2) is 11.6 Å². The van der Waals surface area contributed by atoms with Gasteiger partial charge in [-0.1, -0.05) is 24.6 Å². The molecule has 0 N–H and O–H groups in total. The lowest BCUT2D eigenvalue weighted by atomic mass is 9.99. The normalized spacial score (nSPS) is 26.8. The minimum Gasteiger partial charge on any atom is -0.299 e. The summed E-state index contributed by atoms with van der Waals surface area (Å²) in [6, 6.07) is 0. The number of rotatable bonds is 2. The van der Waals surface area contributed by atoms with E-state index in [-0.39, 0.29) is 5.92 Å². The number of nitrogens with zero attached hydrogens (tertiary/aromatic N) is 1. The highest BCUT2D eigenvalue weighted by Crippen LogP contribution is 2.11. The van der Waals surface area contributed by atoms with Gasteiger partial charge in [0.05, 0.1) is 0 Å². The predicted octanol–water partition coefficient (Wildman–Crippen LogP) is 1.65. The highest BCUT2D eigenvalue weighted by atomic mass is 35.5. The molecule has 1 rings (SSSR count). The second-order valence-corrected chi connectivity index (χ2v) is 3.49. The fourth-order valence-electron chi connectivity index (χ4n) is 1.45. The van der Waals surface area contributed by atoms with Gasteiger partial charge in [0.15, 0.2) is 0 Å². The number of Topliss-reactive ketones (excluding diaryl/α,β-unsaturated/α-hetero) is 1. The monoisotopic (exact) mass is 187 g/mol. The lowest BCUT2D eigenvalue weighted by Crippen LogP contribution is -2.39. The van der Waals surface area contributed by atoms with Gasteiger partial charge in [0, 0.05) is 37.5 Å². The van der Waals surface area contributed by atoms with E-state index in [9.17, 15) is 4.79 Å². The Kier molecular flexibility index (Phi) is 3.76. The molecule has 0 aromatic heterocycles. The fourth-order valence-corrected chi connectivity index (χ4v) is 1.53. The maximum atomic E-state index is 11.1. The zero-order chi connectivity index (χ0) is 8.97. The van der Waals surface area contributed by atoms with Crippen LogP contribution in [0.5, 0.6) is 0 Å². The van der Waals surface area contributed by atoms with Gasteiger partial charge in [-0.3, -0.25) is 9.69 Å². The molecule has 3 heteroatoms. The Labute approximate surface area is 78.2 Å². The Morgan fingerprint density at radius 2 is 2.50 bits per heavy atom. The third-order valence-corrected chi connectivity index (χ3v) is 2.39. The molecule has 1 heterocycles. The molecular weight excluding hydrogens is 174 g/mol. The van der Waals surface area contributed by atoms with Crippen LogP contribution in [0.4, 0.5) is 0 Å². The Hall–Kier alpha value is -0.340. The van der Waals surface area contributed by atoms with Crippen LogP contribution >= 0.6 is 11.6 Å². The Morgan fingerprint density at radius 1 is 1.75 bits per heavy atom. The van der Waals surface area contributed by atoms with Gasteiger partial charge in [-0.05, 0) is 0 Å². The van der Waals surface area contributed by atoms with E-state index in [4.69, 9.17) is 11.6 Å². The molecule has 2 nitrogen and oxygen atoms in total. The number of hydrogen-bond acceptors (Lipinski definition) is 2. The summed E-state index contributed by atoms with van der Waals surface area (Å²) >= 11 is 5.41. The minimum absolute atomic E-state index is 0.197. The molecule has 68 valence electrons. The minimum atomic E-state index is 0.197. The molecular formula is C9H14ClNO. The van der Waals surface area contributed by atoms with Gasteiger partial charge >= 0.3 is 0 Å². The third kappa shape index (κ3) is 2.61. The van der Waals surface area contributed by atoms with Crippen LogP contribution in [0.2, 0.25) is 0 Å². The van der Waals surface area contributed by atoms with Gasteiger partial charge in [0.1, 0.15) is 5.78 Å². The second kappa shape index (κ2) is 4.63. The number of piperidine rings is 1. The average Bonchev–Trinajstić information content (AvgIpc) is 2.07. The average molecular weight is 188 g/mol. The van der Waals surface area contributed by atoms with Gasteiger partial charge in [-0.25, -0.2) is 0 Å². The molecule has 1 saturated heterocycles. The summed E-state index contributed by atoms with van der Waals surface area (Å²) in [5.41, 5.74) is 1.53. The third-order valence-electron chi connectivity index (χ3n) is 2.21. The molecule has 0 amide bonds. The fraction of sp³-hybridized carbons (Fsp3) is 0.667. The topological polar surface area (TPSA) is 20.3 Å². The molecule has 0 radical (unpaired) electrons. The van der Waals surface area contributed by atoms with Gasteiger partial charge in [-0.15, -0.1) is 0 Å². The van der Waals surface area contributed by atoms with Crippen LogP contribution in [-0.2, 0) is 4.79 Å². The van der Waals surface area contributed by atoms with E-state index in [0.29, 0.717) is 12.2 Å². The highest BCUT2D eigenvalue weighted by molar-refractivity contribution is 6.25. The van der Waals surface area contributed by atoms with Crippen molar-refractivity contribution in [1.82, 2.24) is 4.90 Å². The smallest absolute Gasteiger partial charge is 0.138 e. The summed E-state index contributed by atoms with van der Waals surface area (Å²) in [5.74, 6) is 0.587. The number of halogens is 1. The Morgan fingerprint density at radius 3 is 3.08 bits per heavy atom. The van der Waals surface area contributed by atoms with Gasteiger partial charge < -0.3 is 0 Å². The lowest BCUT2D eigenvalue weighted by Gasteiger charge is -2.28. The van der Waals surface area contributed by atoms with Crippen molar-refractivity contribution in [3.8, 4) is 0 Å². The van der Waals surface area contributed by atoms with Crippen molar-refractivity contribution < 1.29 is 4.79 Å². The van der Waals surface area contributed by atoms with Crippen molar-refractivity contribution in [1.29, 1.82) is 0 Å². The van der Waals surface area contributed by atoms with Crippen molar-refractivity contribution in [2.45, 2.75) is 13.3 Å². The number of carbonyl (C=O) groups is 1. The van der Waals surface area contributed by atoms with E-state index in [1.54, 1.807) is 0 Å². The SMILES string of the molecule is CC1CN(C/C=C/Cl)CCC1=O. The Bertz CT molecular complexity index is 191. The Balaban J connectivity index is 2.35. The van der Waals surface area contributed by atoms with Crippen LogP contribution in [0.25, 0.3) is 0 Å². The molecule has 0 aliphatic carbocycles. The molecule has 0 aromatic carbocycles. The van der Waals surface area contributed by atoms with Crippen molar-refractivity contribution in [2.24, 2.45) is 5.92 Å². The zero-order valence-electron chi connectivity index (χ0n) is 7.29. The van der Waals surface area contributed by atoms with Crippen molar-refractivity contribution in [3.05, 3.63) is 11.6 Å². The van der Waals surface area contributed by atoms with E-state index in [1.807, 2.05) is 13.0 Å². The summed E-state index contributed by atoms with van der Waals surface area (Å²) in [6.45, 7) is 4.60. The molecule has 1 atom stereocenters.